The molecule has 3 aromatic rings. The van der Waals surface area contributed by atoms with Gasteiger partial charge >= 0.3 is 0 Å². The van der Waals surface area contributed by atoms with E-state index >= 15 is 0 Å². The Morgan fingerprint density at radius 1 is 0.688 bits per heavy atom. The van der Waals surface area contributed by atoms with Gasteiger partial charge in [-0.05, 0) is 41.8 Å². The smallest absolute Gasteiger partial charge is 0.296 e. The topological polar surface area (TPSA) is 234 Å². The molecule has 0 amide bonds. The highest BCUT2D eigenvalue weighted by atomic mass is 32.2. The van der Waals surface area contributed by atoms with Crippen molar-refractivity contribution in [2.75, 3.05) is 5.73 Å². The van der Waals surface area contributed by atoms with Crippen molar-refractivity contribution >= 4 is 58.2 Å². The molecule has 13 nitrogen and oxygen atoms in total. The average Bonchev–Trinajstić information content (AvgIpc) is 2.64. The number of rotatable bonds is 5. The second kappa shape index (κ2) is 7.76. The van der Waals surface area contributed by atoms with E-state index in [1.54, 1.807) is 0 Å². The third kappa shape index (κ3) is 4.69. The number of anilines is 1. The van der Waals surface area contributed by atoms with Gasteiger partial charge in [-0.25, -0.2) is 0 Å². The predicted molar refractivity (Wildman–Crippen MR) is 110 cm³/mol. The van der Waals surface area contributed by atoms with Gasteiger partial charge in [0.05, 0.1) is 4.90 Å². The Bertz CT molecular complexity index is 1610. The molecule has 6 N–H and O–H groups in total. The van der Waals surface area contributed by atoms with Gasteiger partial charge in [-0.15, -0.1) is 10.2 Å². The predicted octanol–water partition coefficient (Wildman–Crippen LogP) is 2.28. The van der Waals surface area contributed by atoms with E-state index < -0.39 is 67.6 Å². The van der Waals surface area contributed by atoms with Crippen LogP contribution in [0.25, 0.3) is 10.8 Å². The molecule has 0 atom stereocenters. The zero-order chi connectivity index (χ0) is 24.1. The van der Waals surface area contributed by atoms with E-state index in [9.17, 15) is 44.0 Å². The number of nitrogens with zero attached hydrogens (tertiary/aromatic N) is 2. The van der Waals surface area contributed by atoms with Crippen LogP contribution in [0.15, 0.2) is 67.4 Å². The van der Waals surface area contributed by atoms with Crippen molar-refractivity contribution in [2.24, 2.45) is 10.2 Å². The molecule has 0 spiro atoms. The van der Waals surface area contributed by atoms with Crippen molar-refractivity contribution in [3.63, 3.8) is 0 Å². The Balaban J connectivity index is 2.28. The summed E-state index contributed by atoms with van der Waals surface area (Å²) in [6.45, 7) is 0. The molecule has 16 heteroatoms. The minimum atomic E-state index is -5.09. The van der Waals surface area contributed by atoms with E-state index in [1.807, 2.05) is 0 Å². The van der Waals surface area contributed by atoms with Crippen LogP contribution >= 0.6 is 0 Å². The fourth-order valence-corrected chi connectivity index (χ4v) is 4.71. The van der Waals surface area contributed by atoms with E-state index in [0.29, 0.717) is 6.07 Å². The lowest BCUT2D eigenvalue weighted by atomic mass is 10.1. The Kier molecular flexibility index (Phi) is 5.71. The molecule has 0 unspecified atom stereocenters. The standard InChI is InChI=1S/C16H13N3O10S3/c17-9-2-4-13(31(24,25)26)12(6-9)19-18-11-3-1-8-5-10(30(21,22)23)7-14(32(27,28)29)15(8)16(11)20/h1-7,20H,17H2,(H,21,22,23)(H,24,25,26)(H,27,28,29). The normalized spacial score (nSPS) is 13.1. The highest BCUT2D eigenvalue weighted by Gasteiger charge is 2.24. The third-order valence-corrected chi connectivity index (χ3v) is 6.72. The molecule has 32 heavy (non-hydrogen) atoms. The summed E-state index contributed by atoms with van der Waals surface area (Å²) < 4.78 is 97.3. The molecule has 170 valence electrons. The van der Waals surface area contributed by atoms with E-state index in [-0.39, 0.29) is 11.1 Å². The van der Waals surface area contributed by atoms with Gasteiger partial charge in [0.25, 0.3) is 30.4 Å². The monoisotopic (exact) mass is 503 g/mol. The Hall–Kier alpha value is -3.15. The SMILES string of the molecule is Nc1ccc(S(=O)(=O)O)c(N=Nc2ccc3cc(S(=O)(=O)O)cc(S(=O)(=O)O)c3c2O)c1. The zero-order valence-electron chi connectivity index (χ0n) is 15.5. The van der Waals surface area contributed by atoms with Crippen LogP contribution in [0.4, 0.5) is 17.1 Å². The van der Waals surface area contributed by atoms with Crippen LogP contribution in [-0.2, 0) is 30.4 Å². The fourth-order valence-electron chi connectivity index (χ4n) is 2.74. The van der Waals surface area contributed by atoms with Crippen LogP contribution in [0.1, 0.15) is 0 Å². The maximum atomic E-state index is 11.8. The van der Waals surface area contributed by atoms with Gasteiger partial charge in [0.1, 0.15) is 21.2 Å². The van der Waals surface area contributed by atoms with Crippen molar-refractivity contribution in [3.8, 4) is 5.75 Å². The maximum absolute atomic E-state index is 11.8. The lowest BCUT2D eigenvalue weighted by molar-refractivity contribution is 0.473. The van der Waals surface area contributed by atoms with Gasteiger partial charge in [0.15, 0.2) is 5.75 Å². The number of phenolic OH excluding ortho intramolecular Hbond substituents is 1. The van der Waals surface area contributed by atoms with Crippen LogP contribution in [0.3, 0.4) is 0 Å². The summed E-state index contributed by atoms with van der Waals surface area (Å²) in [5.41, 5.74) is 4.83. The number of nitrogens with two attached hydrogens (primary N) is 1. The Morgan fingerprint density at radius 2 is 1.28 bits per heavy atom. The van der Waals surface area contributed by atoms with Gasteiger partial charge in [-0.3, -0.25) is 13.7 Å². The largest absolute Gasteiger partial charge is 0.505 e. The highest BCUT2D eigenvalue weighted by Crippen LogP contribution is 2.40. The number of aromatic hydroxyl groups is 1. The molecule has 3 aromatic carbocycles. The van der Waals surface area contributed by atoms with Crippen LogP contribution in [-0.4, -0.2) is 44.0 Å². The van der Waals surface area contributed by atoms with Crippen molar-refractivity contribution in [1.82, 2.24) is 0 Å². The quantitative estimate of drug-likeness (QED) is 0.192. The van der Waals surface area contributed by atoms with E-state index in [4.69, 9.17) is 5.73 Å². The van der Waals surface area contributed by atoms with Gasteiger partial charge in [-0.1, -0.05) is 6.07 Å². The molecule has 0 aliphatic rings. The minimum absolute atomic E-state index is 0.0699. The molecular weight excluding hydrogens is 490 g/mol. The number of fused-ring (bicyclic) bond motifs is 1. The number of nitrogen functional groups attached to an aromatic ring is 1. The summed E-state index contributed by atoms with van der Waals surface area (Å²) in [5, 5.41) is 17.0. The summed E-state index contributed by atoms with van der Waals surface area (Å²) in [7, 11) is -14.7. The Morgan fingerprint density at radius 3 is 1.84 bits per heavy atom. The van der Waals surface area contributed by atoms with Gasteiger partial charge < -0.3 is 10.8 Å². The van der Waals surface area contributed by atoms with Crippen LogP contribution in [0.5, 0.6) is 5.75 Å². The summed E-state index contributed by atoms with van der Waals surface area (Å²) in [6, 6.07) is 6.66. The number of azo groups is 1. The second-order valence-electron chi connectivity index (χ2n) is 6.31. The van der Waals surface area contributed by atoms with Crippen molar-refractivity contribution in [1.29, 1.82) is 0 Å². The average molecular weight is 503 g/mol. The molecule has 3 rings (SSSR count). The van der Waals surface area contributed by atoms with Gasteiger partial charge in [0, 0.05) is 11.1 Å². The van der Waals surface area contributed by atoms with Gasteiger partial charge in [-0.2, -0.15) is 25.3 Å². The lowest BCUT2D eigenvalue weighted by Crippen LogP contribution is -2.04. The van der Waals surface area contributed by atoms with Crippen molar-refractivity contribution in [3.05, 3.63) is 42.5 Å². The first kappa shape index (κ1) is 23.5. The fraction of sp³-hybridized carbons (Fsp3) is 0. The molecule has 0 aromatic heterocycles. The third-order valence-electron chi connectivity index (χ3n) is 4.11. The summed E-state index contributed by atoms with van der Waals surface area (Å²) in [6.07, 6.45) is 0. The van der Waals surface area contributed by atoms with E-state index in [1.165, 1.54) is 6.07 Å². The lowest BCUT2D eigenvalue weighted by Gasteiger charge is -2.10. The van der Waals surface area contributed by atoms with Crippen molar-refractivity contribution < 1.29 is 44.0 Å². The van der Waals surface area contributed by atoms with E-state index in [2.05, 4.69) is 10.2 Å². The first-order chi connectivity index (χ1) is 14.6. The summed E-state index contributed by atoms with van der Waals surface area (Å²) in [4.78, 5) is -2.55. The van der Waals surface area contributed by atoms with E-state index in [0.717, 1.165) is 30.3 Å². The molecular formula is C16H13N3O10S3. The summed E-state index contributed by atoms with van der Waals surface area (Å²) >= 11 is 0. The molecule has 0 heterocycles. The highest BCUT2D eigenvalue weighted by molar-refractivity contribution is 7.87. The molecule has 0 fully saturated rings. The van der Waals surface area contributed by atoms with Crippen molar-refractivity contribution in [2.45, 2.75) is 14.7 Å². The molecule has 0 radical (unpaired) electrons. The minimum Gasteiger partial charge on any atom is -0.505 e. The summed E-state index contributed by atoms with van der Waals surface area (Å²) in [5.74, 6) is -0.863. The maximum Gasteiger partial charge on any atom is 0.296 e. The van der Waals surface area contributed by atoms with Crippen LogP contribution in [0, 0.1) is 0 Å². The van der Waals surface area contributed by atoms with Gasteiger partial charge in [0.2, 0.25) is 0 Å². The number of hydrogen-bond donors (Lipinski definition) is 5. The molecule has 0 aliphatic heterocycles. The van der Waals surface area contributed by atoms with Crippen LogP contribution in [0.2, 0.25) is 0 Å². The molecule has 0 bridgehead atoms. The molecule has 0 saturated heterocycles. The second-order valence-corrected chi connectivity index (χ2v) is 10.5. The zero-order valence-corrected chi connectivity index (χ0v) is 17.9. The molecule has 0 saturated carbocycles. The Labute approximate surface area is 181 Å². The number of hydrogen-bond acceptors (Lipinski definition) is 10. The molecule has 0 aliphatic carbocycles. The number of phenols is 1. The first-order valence-corrected chi connectivity index (χ1v) is 12.4. The van der Waals surface area contributed by atoms with Crippen LogP contribution < -0.4 is 5.73 Å². The first-order valence-electron chi connectivity index (χ1n) is 8.12. The number of benzene rings is 3.